The monoisotopic (exact) mass is 381 g/mol. The summed E-state index contributed by atoms with van der Waals surface area (Å²) >= 11 is 0. The maximum atomic E-state index is 12.6. The second-order valence-corrected chi connectivity index (χ2v) is 6.15. The fraction of sp³-hybridized carbons (Fsp3) is 0.286. The van der Waals surface area contributed by atoms with E-state index in [0.29, 0.717) is 36.2 Å². The average molecular weight is 381 g/mol. The molecule has 1 aromatic heterocycles. The predicted octanol–water partition coefficient (Wildman–Crippen LogP) is 3.35. The maximum absolute atomic E-state index is 12.6. The number of carbonyl (C=O) groups excluding carboxylic acids is 1. The molecule has 0 N–H and O–H groups in total. The Kier molecular flexibility index (Phi) is 6.26. The van der Waals surface area contributed by atoms with Gasteiger partial charge < -0.3 is 18.9 Å². The molecule has 0 aliphatic heterocycles. The van der Waals surface area contributed by atoms with Crippen molar-refractivity contribution in [3.05, 3.63) is 60.0 Å². The maximum Gasteiger partial charge on any atom is 0.246 e. The molecule has 0 fully saturated rings. The summed E-state index contributed by atoms with van der Waals surface area (Å²) in [5.41, 5.74) is 1.72. The minimum Gasteiger partial charge on any atom is -0.493 e. The number of nitrogens with zero attached hydrogens (tertiary/aromatic N) is 3. The van der Waals surface area contributed by atoms with Gasteiger partial charge >= 0.3 is 0 Å². The van der Waals surface area contributed by atoms with Gasteiger partial charge in [0.25, 0.3) is 0 Å². The van der Waals surface area contributed by atoms with Gasteiger partial charge in [0.15, 0.2) is 11.5 Å². The molecular formula is C21H23N3O4. The second-order valence-electron chi connectivity index (χ2n) is 6.15. The molecule has 0 aliphatic rings. The van der Waals surface area contributed by atoms with Crippen molar-refractivity contribution in [2.24, 2.45) is 0 Å². The van der Waals surface area contributed by atoms with Gasteiger partial charge in [-0.2, -0.15) is 4.98 Å². The minimum atomic E-state index is 0.0135. The van der Waals surface area contributed by atoms with Crippen molar-refractivity contribution in [2.45, 2.75) is 19.9 Å². The minimum absolute atomic E-state index is 0.0135. The van der Waals surface area contributed by atoms with Crippen LogP contribution in [-0.4, -0.2) is 41.7 Å². The first-order valence-corrected chi connectivity index (χ1v) is 9.01. The van der Waals surface area contributed by atoms with Crippen LogP contribution in [0.5, 0.6) is 11.5 Å². The average Bonchev–Trinajstić information content (AvgIpc) is 3.20. The molecule has 1 amide bonds. The molecule has 2 aromatic carbocycles. The Hall–Kier alpha value is -3.35. The van der Waals surface area contributed by atoms with E-state index >= 15 is 0 Å². The van der Waals surface area contributed by atoms with Gasteiger partial charge in [0.2, 0.25) is 17.6 Å². The van der Waals surface area contributed by atoms with E-state index in [2.05, 4.69) is 10.1 Å². The van der Waals surface area contributed by atoms with Crippen molar-refractivity contribution >= 4 is 5.91 Å². The van der Waals surface area contributed by atoms with Crippen LogP contribution >= 0.6 is 0 Å². The van der Waals surface area contributed by atoms with E-state index in [1.165, 1.54) is 0 Å². The first-order chi connectivity index (χ1) is 13.6. The highest BCUT2D eigenvalue weighted by Crippen LogP contribution is 2.31. The fourth-order valence-corrected chi connectivity index (χ4v) is 2.83. The van der Waals surface area contributed by atoms with Crippen LogP contribution in [0.3, 0.4) is 0 Å². The molecular weight excluding hydrogens is 358 g/mol. The molecule has 7 heteroatoms. The first kappa shape index (κ1) is 19.4. The zero-order valence-corrected chi connectivity index (χ0v) is 16.2. The number of likely N-dealkylation sites (N-methyl/N-ethyl adjacent to an activating group) is 1. The van der Waals surface area contributed by atoms with E-state index in [9.17, 15) is 4.79 Å². The summed E-state index contributed by atoms with van der Waals surface area (Å²) in [6.45, 7) is 2.75. The summed E-state index contributed by atoms with van der Waals surface area (Å²) in [4.78, 5) is 18.7. The predicted molar refractivity (Wildman–Crippen MR) is 104 cm³/mol. The Morgan fingerprint density at radius 1 is 1.07 bits per heavy atom. The fourth-order valence-electron chi connectivity index (χ4n) is 2.83. The molecule has 3 rings (SSSR count). The lowest BCUT2D eigenvalue weighted by Gasteiger charge is -2.18. The Labute approximate surface area is 163 Å². The van der Waals surface area contributed by atoms with E-state index in [0.717, 1.165) is 11.1 Å². The van der Waals surface area contributed by atoms with Gasteiger partial charge in [-0.3, -0.25) is 4.79 Å². The van der Waals surface area contributed by atoms with E-state index < -0.39 is 0 Å². The Morgan fingerprint density at radius 2 is 1.82 bits per heavy atom. The molecule has 0 bridgehead atoms. The highest BCUT2D eigenvalue weighted by atomic mass is 16.5. The van der Waals surface area contributed by atoms with Crippen LogP contribution in [-0.2, 0) is 17.8 Å². The third-order valence-electron chi connectivity index (χ3n) is 4.37. The molecule has 0 spiro atoms. The molecule has 0 aliphatic carbocycles. The summed E-state index contributed by atoms with van der Waals surface area (Å²) in [6.07, 6.45) is 0.339. The topological polar surface area (TPSA) is 77.7 Å². The third-order valence-corrected chi connectivity index (χ3v) is 4.37. The van der Waals surface area contributed by atoms with Crippen molar-refractivity contribution in [3.63, 3.8) is 0 Å². The zero-order valence-electron chi connectivity index (χ0n) is 16.2. The van der Waals surface area contributed by atoms with Crippen LogP contribution in [0.1, 0.15) is 18.4 Å². The Balaban J connectivity index is 1.71. The Morgan fingerprint density at radius 3 is 2.50 bits per heavy atom. The molecule has 28 heavy (non-hydrogen) atoms. The molecule has 7 nitrogen and oxygen atoms in total. The van der Waals surface area contributed by atoms with Gasteiger partial charge in [-0.15, -0.1) is 0 Å². The molecule has 0 saturated carbocycles. The van der Waals surface area contributed by atoms with Gasteiger partial charge in [0.1, 0.15) is 0 Å². The Bertz CT molecular complexity index is 924. The summed E-state index contributed by atoms with van der Waals surface area (Å²) in [6, 6.07) is 15.0. The smallest absolute Gasteiger partial charge is 0.246 e. The van der Waals surface area contributed by atoms with Crippen LogP contribution in [0.2, 0.25) is 0 Å². The molecule has 146 valence electrons. The summed E-state index contributed by atoms with van der Waals surface area (Å²) in [5.74, 6) is 2.04. The number of carbonyl (C=O) groups is 1. The number of ether oxygens (including phenoxy) is 2. The van der Waals surface area contributed by atoms with Crippen molar-refractivity contribution in [1.29, 1.82) is 0 Å². The zero-order chi connectivity index (χ0) is 19.9. The van der Waals surface area contributed by atoms with Crippen molar-refractivity contribution < 1.29 is 18.8 Å². The van der Waals surface area contributed by atoms with Gasteiger partial charge in [-0.1, -0.05) is 35.5 Å². The summed E-state index contributed by atoms with van der Waals surface area (Å²) in [5, 5.41) is 4.03. The lowest BCUT2D eigenvalue weighted by atomic mass is 10.1. The third kappa shape index (κ3) is 4.49. The number of benzene rings is 2. The van der Waals surface area contributed by atoms with Gasteiger partial charge in [-0.25, -0.2) is 0 Å². The standard InChI is InChI=1S/C21H23N3O4/c1-4-24(20(25)12-15-8-6-5-7-9-15)14-19-22-21(23-28-19)16-10-11-17(26-2)18(13-16)27-3/h5-11,13H,4,12,14H2,1-3H3. The van der Waals surface area contributed by atoms with Crippen LogP contribution in [0.4, 0.5) is 0 Å². The normalized spacial score (nSPS) is 10.5. The summed E-state index contributed by atoms with van der Waals surface area (Å²) in [7, 11) is 3.15. The molecule has 0 unspecified atom stereocenters. The van der Waals surface area contributed by atoms with E-state index in [1.807, 2.05) is 43.3 Å². The SMILES string of the molecule is CCN(Cc1nc(-c2ccc(OC)c(OC)c2)no1)C(=O)Cc1ccccc1. The lowest BCUT2D eigenvalue weighted by molar-refractivity contribution is -0.131. The molecule has 3 aromatic rings. The van der Waals surface area contributed by atoms with Gasteiger partial charge in [0, 0.05) is 12.1 Å². The highest BCUT2D eigenvalue weighted by Gasteiger charge is 2.18. The van der Waals surface area contributed by atoms with Gasteiger partial charge in [0.05, 0.1) is 27.2 Å². The number of hydrogen-bond donors (Lipinski definition) is 0. The van der Waals surface area contributed by atoms with Crippen molar-refractivity contribution in [3.8, 4) is 22.9 Å². The van der Waals surface area contributed by atoms with Crippen molar-refractivity contribution in [1.82, 2.24) is 15.0 Å². The largest absolute Gasteiger partial charge is 0.493 e. The lowest BCUT2D eigenvalue weighted by Crippen LogP contribution is -2.31. The van der Waals surface area contributed by atoms with Crippen LogP contribution in [0.25, 0.3) is 11.4 Å². The number of rotatable bonds is 8. The quantitative estimate of drug-likeness (QED) is 0.595. The van der Waals surface area contributed by atoms with Gasteiger partial charge in [-0.05, 0) is 30.7 Å². The van der Waals surface area contributed by atoms with E-state index in [1.54, 1.807) is 31.3 Å². The number of aromatic nitrogens is 2. The number of amides is 1. The first-order valence-electron chi connectivity index (χ1n) is 9.01. The van der Waals surface area contributed by atoms with Crippen molar-refractivity contribution in [2.75, 3.05) is 20.8 Å². The number of methoxy groups -OCH3 is 2. The molecule has 0 atom stereocenters. The molecule has 0 saturated heterocycles. The summed E-state index contributed by atoms with van der Waals surface area (Å²) < 4.78 is 15.9. The van der Waals surface area contributed by atoms with Crippen LogP contribution in [0.15, 0.2) is 53.1 Å². The van der Waals surface area contributed by atoms with E-state index in [4.69, 9.17) is 14.0 Å². The number of hydrogen-bond acceptors (Lipinski definition) is 6. The highest BCUT2D eigenvalue weighted by molar-refractivity contribution is 5.78. The molecule has 1 heterocycles. The van der Waals surface area contributed by atoms with Crippen LogP contribution in [0, 0.1) is 0 Å². The van der Waals surface area contributed by atoms with E-state index in [-0.39, 0.29) is 12.5 Å². The second kappa shape index (κ2) is 9.03. The molecule has 0 radical (unpaired) electrons. The van der Waals surface area contributed by atoms with Crippen LogP contribution < -0.4 is 9.47 Å².